The molecule has 2 heteroatoms. The Morgan fingerprint density at radius 3 is 1.98 bits per heavy atom. The molecule has 0 radical (unpaired) electrons. The van der Waals surface area contributed by atoms with E-state index in [1.54, 1.807) is 0 Å². The number of benzene rings is 5. The maximum atomic E-state index is 4.61. The molecule has 7 rings (SSSR count). The summed E-state index contributed by atoms with van der Waals surface area (Å²) in [7, 11) is 0. The Kier molecular flexibility index (Phi) is 5.87. The maximum Gasteiger partial charge on any atom is 0.0869 e. The van der Waals surface area contributed by atoms with Gasteiger partial charge in [-0.25, -0.2) is 0 Å². The predicted molar refractivity (Wildman–Crippen MR) is 171 cm³/mol. The van der Waals surface area contributed by atoms with E-state index in [2.05, 4.69) is 144 Å². The first-order chi connectivity index (χ1) is 19.8. The van der Waals surface area contributed by atoms with Gasteiger partial charge in [0.05, 0.1) is 16.9 Å². The normalized spacial score (nSPS) is 12.3. The fourth-order valence-electron chi connectivity index (χ4n) is 6.08. The van der Waals surface area contributed by atoms with Crippen molar-refractivity contribution in [3.05, 3.63) is 145 Å². The molecule has 0 saturated heterocycles. The quantitative estimate of drug-likeness (QED) is 0.161. The number of allylic oxidation sites excluding steroid dienone is 3. The Hall–Kier alpha value is -5.21. The molecule has 0 amide bonds. The van der Waals surface area contributed by atoms with Gasteiger partial charge in [-0.1, -0.05) is 115 Å². The van der Waals surface area contributed by atoms with Crippen molar-refractivity contribution < 1.29 is 0 Å². The van der Waals surface area contributed by atoms with E-state index in [1.807, 2.05) is 19.1 Å². The summed E-state index contributed by atoms with van der Waals surface area (Å²) in [4.78, 5) is 4.61. The highest BCUT2D eigenvalue weighted by atomic mass is 15.0. The molecule has 1 aliphatic rings. The molecule has 5 aromatic carbocycles. The summed E-state index contributed by atoms with van der Waals surface area (Å²) in [6.45, 7) is 6.05. The number of hydrogen-bond donors (Lipinski definition) is 0. The standard InChI is InChI=1S/C38H28N2/c1-3-4-23-34(39-2)38-37-33-21-11-10-20-31(33)29-18-8-9-19-30(29)32-22-13-24-35(36(32)37)40(38)28-17-12-16-27(25-28)26-14-6-5-7-15-26/h3-25H,2H2,1H3/b4-3-,34-23-. The summed E-state index contributed by atoms with van der Waals surface area (Å²) < 4.78 is 2.37. The SMILES string of the molecule is C=N/C(=C\C=C/C)c1c2c3c(cccc3n1-c1cccc(-c3ccccc3)c1)-c1ccccc1-c1ccccc1-2. The van der Waals surface area contributed by atoms with Crippen LogP contribution < -0.4 is 0 Å². The van der Waals surface area contributed by atoms with Crippen LogP contribution in [0.1, 0.15) is 12.6 Å². The van der Waals surface area contributed by atoms with Crippen LogP contribution in [0.5, 0.6) is 0 Å². The predicted octanol–water partition coefficient (Wildman–Crippen LogP) is 10.2. The molecule has 0 aliphatic heterocycles. The number of aromatic nitrogens is 1. The van der Waals surface area contributed by atoms with Gasteiger partial charge in [-0.2, -0.15) is 0 Å². The Morgan fingerprint density at radius 2 is 1.25 bits per heavy atom. The third-order valence-electron chi connectivity index (χ3n) is 7.77. The Labute approximate surface area is 234 Å². The van der Waals surface area contributed by atoms with Gasteiger partial charge in [0, 0.05) is 16.6 Å². The van der Waals surface area contributed by atoms with Crippen molar-refractivity contribution in [2.45, 2.75) is 6.92 Å². The molecule has 0 bridgehead atoms. The van der Waals surface area contributed by atoms with Crippen molar-refractivity contribution in [1.82, 2.24) is 4.57 Å². The minimum Gasteiger partial charge on any atom is -0.307 e. The van der Waals surface area contributed by atoms with Crippen LogP contribution in [0.3, 0.4) is 0 Å². The van der Waals surface area contributed by atoms with E-state index in [0.29, 0.717) is 0 Å². The molecule has 0 spiro atoms. The largest absolute Gasteiger partial charge is 0.307 e. The van der Waals surface area contributed by atoms with E-state index >= 15 is 0 Å². The van der Waals surface area contributed by atoms with E-state index in [0.717, 1.165) is 22.6 Å². The minimum absolute atomic E-state index is 0.834. The van der Waals surface area contributed by atoms with Gasteiger partial charge in [-0.15, -0.1) is 0 Å². The third-order valence-corrected chi connectivity index (χ3v) is 7.77. The molecule has 1 heterocycles. The average molecular weight is 513 g/mol. The summed E-state index contributed by atoms with van der Waals surface area (Å²) in [5.74, 6) is 0. The summed E-state index contributed by atoms with van der Waals surface area (Å²) >= 11 is 0. The van der Waals surface area contributed by atoms with Gasteiger partial charge in [0.2, 0.25) is 0 Å². The van der Waals surface area contributed by atoms with Crippen LogP contribution in [0.4, 0.5) is 0 Å². The molecular weight excluding hydrogens is 484 g/mol. The molecule has 0 fully saturated rings. The van der Waals surface area contributed by atoms with Crippen molar-refractivity contribution >= 4 is 23.3 Å². The second-order valence-electron chi connectivity index (χ2n) is 10.0. The van der Waals surface area contributed by atoms with E-state index in [4.69, 9.17) is 0 Å². The fraction of sp³-hybridized carbons (Fsp3) is 0.0263. The Morgan fingerprint density at radius 1 is 0.650 bits per heavy atom. The molecule has 0 unspecified atom stereocenters. The fourth-order valence-corrected chi connectivity index (χ4v) is 6.08. The number of nitrogens with zero attached hydrogens (tertiary/aromatic N) is 2. The molecule has 1 aromatic heterocycles. The molecule has 0 saturated carbocycles. The Balaban J connectivity index is 1.66. The first kappa shape index (κ1) is 23.9. The average Bonchev–Trinajstić information content (AvgIpc) is 3.30. The van der Waals surface area contributed by atoms with Gasteiger partial charge < -0.3 is 4.57 Å². The topological polar surface area (TPSA) is 17.3 Å². The summed E-state index contributed by atoms with van der Waals surface area (Å²) in [6, 6.07) is 43.5. The van der Waals surface area contributed by atoms with Crippen molar-refractivity contribution in [3.63, 3.8) is 0 Å². The van der Waals surface area contributed by atoms with Gasteiger partial charge in [-0.05, 0) is 76.9 Å². The zero-order valence-electron chi connectivity index (χ0n) is 22.4. The van der Waals surface area contributed by atoms with Gasteiger partial charge in [0.15, 0.2) is 0 Å². The molecule has 40 heavy (non-hydrogen) atoms. The van der Waals surface area contributed by atoms with Gasteiger partial charge >= 0.3 is 0 Å². The van der Waals surface area contributed by atoms with Gasteiger partial charge in [0.25, 0.3) is 0 Å². The van der Waals surface area contributed by atoms with Crippen LogP contribution in [-0.2, 0) is 0 Å². The summed E-state index contributed by atoms with van der Waals surface area (Å²) in [5.41, 5.74) is 13.8. The van der Waals surface area contributed by atoms with Gasteiger partial charge in [0.1, 0.15) is 0 Å². The van der Waals surface area contributed by atoms with Crippen LogP contribution in [-0.4, -0.2) is 11.3 Å². The molecule has 190 valence electrons. The summed E-state index contributed by atoms with van der Waals surface area (Å²) in [6.07, 6.45) is 6.13. The molecular formula is C38H28N2. The monoisotopic (exact) mass is 512 g/mol. The van der Waals surface area contributed by atoms with Crippen molar-refractivity contribution in [3.8, 4) is 50.2 Å². The Bertz CT molecular complexity index is 1970. The first-order valence-corrected chi connectivity index (χ1v) is 13.6. The number of aliphatic imine (C=N–C) groups is 1. The van der Waals surface area contributed by atoms with Crippen molar-refractivity contribution in [2.24, 2.45) is 4.99 Å². The van der Waals surface area contributed by atoms with Crippen LogP contribution >= 0.6 is 0 Å². The lowest BCUT2D eigenvalue weighted by Gasteiger charge is -2.16. The lowest BCUT2D eigenvalue weighted by atomic mass is 9.93. The molecule has 1 aliphatic carbocycles. The lowest BCUT2D eigenvalue weighted by molar-refractivity contribution is 1.09. The second kappa shape index (κ2) is 9.83. The third kappa shape index (κ3) is 3.69. The van der Waals surface area contributed by atoms with Crippen LogP contribution in [0.15, 0.2) is 145 Å². The molecule has 2 nitrogen and oxygen atoms in total. The number of fused-ring (bicyclic) bond motifs is 5. The van der Waals surface area contributed by atoms with Crippen LogP contribution in [0.2, 0.25) is 0 Å². The molecule has 0 atom stereocenters. The van der Waals surface area contributed by atoms with Crippen LogP contribution in [0.25, 0.3) is 66.8 Å². The highest BCUT2D eigenvalue weighted by Gasteiger charge is 2.29. The van der Waals surface area contributed by atoms with E-state index < -0.39 is 0 Å². The molecule has 6 aromatic rings. The van der Waals surface area contributed by atoms with Crippen molar-refractivity contribution in [2.75, 3.05) is 0 Å². The second-order valence-corrected chi connectivity index (χ2v) is 10.0. The van der Waals surface area contributed by atoms with Crippen molar-refractivity contribution in [1.29, 1.82) is 0 Å². The van der Waals surface area contributed by atoms with E-state index in [1.165, 1.54) is 49.9 Å². The lowest BCUT2D eigenvalue weighted by Crippen LogP contribution is -2.01. The first-order valence-electron chi connectivity index (χ1n) is 13.6. The minimum atomic E-state index is 0.834. The highest BCUT2D eigenvalue weighted by molar-refractivity contribution is 6.16. The van der Waals surface area contributed by atoms with Gasteiger partial charge in [-0.3, -0.25) is 4.99 Å². The smallest absolute Gasteiger partial charge is 0.0869 e. The number of rotatable bonds is 5. The van der Waals surface area contributed by atoms with E-state index in [9.17, 15) is 0 Å². The maximum absolute atomic E-state index is 4.61. The van der Waals surface area contributed by atoms with Crippen LogP contribution in [0, 0.1) is 0 Å². The zero-order valence-corrected chi connectivity index (χ0v) is 22.4. The molecule has 0 N–H and O–H groups in total. The van der Waals surface area contributed by atoms with E-state index in [-0.39, 0.29) is 0 Å². The highest BCUT2D eigenvalue weighted by Crippen LogP contribution is 2.51. The zero-order chi connectivity index (χ0) is 27.1. The summed E-state index contributed by atoms with van der Waals surface area (Å²) in [5, 5.41) is 1.23. The number of hydrogen-bond acceptors (Lipinski definition) is 1.